The number of amides is 2. The highest BCUT2D eigenvalue weighted by Crippen LogP contribution is 2.40. The summed E-state index contributed by atoms with van der Waals surface area (Å²) < 4.78 is 89.9. The Morgan fingerprint density at radius 3 is 2.28 bits per heavy atom. The van der Waals surface area contributed by atoms with Gasteiger partial charge in [-0.15, -0.1) is 4.36 Å². The zero-order valence-electron chi connectivity index (χ0n) is 21.5. The molecule has 1 fully saturated rings. The van der Waals surface area contributed by atoms with Crippen molar-refractivity contribution in [2.24, 2.45) is 4.36 Å². The predicted molar refractivity (Wildman–Crippen MR) is 138 cm³/mol. The molecule has 1 atom stereocenters. The van der Waals surface area contributed by atoms with Gasteiger partial charge in [-0.3, -0.25) is 4.79 Å². The fourth-order valence-corrected chi connectivity index (χ4v) is 5.16. The Balaban J connectivity index is 1.96. The zero-order valence-corrected chi connectivity index (χ0v) is 23.1. The van der Waals surface area contributed by atoms with Crippen LogP contribution in [-0.4, -0.2) is 47.1 Å². The van der Waals surface area contributed by atoms with Gasteiger partial charge in [-0.1, -0.05) is 17.7 Å². The highest BCUT2D eigenvalue weighted by Gasteiger charge is 2.38. The minimum Gasteiger partial charge on any atom is -0.442 e. The molecular formula is C25H27ClF5N3O4S. The van der Waals surface area contributed by atoms with Gasteiger partial charge in [-0.05, 0) is 51.1 Å². The number of rotatable bonds is 4. The van der Waals surface area contributed by atoms with Crippen LogP contribution in [0.3, 0.4) is 0 Å². The summed E-state index contributed by atoms with van der Waals surface area (Å²) in [7, 11) is -3.30. The van der Waals surface area contributed by atoms with Crippen molar-refractivity contribution < 1.29 is 40.5 Å². The van der Waals surface area contributed by atoms with Crippen molar-refractivity contribution in [3.05, 3.63) is 52.5 Å². The van der Waals surface area contributed by atoms with Crippen LogP contribution < -0.4 is 10.2 Å². The highest BCUT2D eigenvalue weighted by molar-refractivity contribution is 7.93. The van der Waals surface area contributed by atoms with Crippen molar-refractivity contribution in [3.63, 3.8) is 0 Å². The van der Waals surface area contributed by atoms with E-state index in [0.717, 1.165) is 6.07 Å². The molecule has 0 aliphatic carbocycles. The van der Waals surface area contributed by atoms with E-state index in [1.54, 1.807) is 20.8 Å². The summed E-state index contributed by atoms with van der Waals surface area (Å²) >= 11 is 5.86. The minimum absolute atomic E-state index is 0.0788. The molecule has 39 heavy (non-hydrogen) atoms. The molecule has 1 N–H and O–H groups in total. The number of piperidine rings is 1. The predicted octanol–water partition coefficient (Wildman–Crippen LogP) is 7.24. The second-order valence-electron chi connectivity index (χ2n) is 10.0. The summed E-state index contributed by atoms with van der Waals surface area (Å²) in [6.45, 7) is 4.30. The van der Waals surface area contributed by atoms with Crippen LogP contribution in [0.4, 0.5) is 38.1 Å². The molecular weight excluding hydrogens is 569 g/mol. The quantitative estimate of drug-likeness (QED) is 0.377. The van der Waals surface area contributed by atoms with Crippen molar-refractivity contribution in [1.29, 1.82) is 0 Å². The first kappa shape index (κ1) is 30.6. The molecule has 2 aromatic carbocycles. The molecule has 1 aliphatic heterocycles. The number of halogens is 6. The Morgan fingerprint density at radius 1 is 1.10 bits per heavy atom. The molecule has 3 rings (SSSR count). The van der Waals surface area contributed by atoms with E-state index < -0.39 is 62.9 Å². The van der Waals surface area contributed by atoms with Crippen LogP contribution >= 0.6 is 11.6 Å². The van der Waals surface area contributed by atoms with Crippen LogP contribution in [0.2, 0.25) is 5.02 Å². The maximum absolute atomic E-state index is 13.7. The van der Waals surface area contributed by atoms with E-state index in [1.165, 1.54) is 35.4 Å². The smallest absolute Gasteiger partial charge is 0.442 e. The van der Waals surface area contributed by atoms with Gasteiger partial charge in [0.25, 0.3) is 11.8 Å². The van der Waals surface area contributed by atoms with Gasteiger partial charge in [0, 0.05) is 42.8 Å². The van der Waals surface area contributed by atoms with Crippen molar-refractivity contribution in [2.45, 2.75) is 56.2 Å². The fraction of sp³-hybridized carbons (Fsp3) is 0.440. The summed E-state index contributed by atoms with van der Waals surface area (Å²) in [5.74, 6) is -3.84. The number of anilines is 2. The number of carbonyl (C=O) groups excluding carboxylic acids is 2. The number of nitrogens with zero attached hydrogens (tertiary/aromatic N) is 2. The number of hydrogen-bond donors (Lipinski definition) is 1. The number of nitrogens with one attached hydrogen (secondary N) is 1. The second kappa shape index (κ2) is 10.9. The van der Waals surface area contributed by atoms with E-state index in [9.17, 15) is 35.8 Å². The molecule has 0 bridgehead atoms. The van der Waals surface area contributed by atoms with E-state index in [1.807, 2.05) is 0 Å². The SMILES string of the molecule is CC(C)(C)OC(=O)N=[S@@](C)(=O)c1cccc(NC(=O)c2cc(Cl)c(C(F)(F)F)cc2N2CCC(F)(F)CC2)c1. The van der Waals surface area contributed by atoms with Crippen molar-refractivity contribution in [1.82, 2.24) is 0 Å². The lowest BCUT2D eigenvalue weighted by Gasteiger charge is -2.34. The molecule has 0 aromatic heterocycles. The molecule has 0 saturated carbocycles. The third-order valence-corrected chi connectivity index (χ3v) is 7.58. The maximum Gasteiger partial charge on any atom is 0.442 e. The Hall–Kier alpha value is -2.93. The average molecular weight is 596 g/mol. The number of alkyl halides is 5. The molecule has 214 valence electrons. The van der Waals surface area contributed by atoms with E-state index in [4.69, 9.17) is 16.3 Å². The van der Waals surface area contributed by atoms with E-state index in [2.05, 4.69) is 9.68 Å². The standard InChI is InChI=1S/C25H27ClF5N3O4S/c1-23(2,3)38-22(36)33-39(4,37)16-7-5-6-15(12-16)32-21(35)17-13-19(26)18(25(29,30)31)14-20(17)34-10-8-24(27,28)9-11-34/h5-7,12-14H,8-11H2,1-4H3,(H,32,35)/t39-/m0/s1. The van der Waals surface area contributed by atoms with Crippen molar-refractivity contribution >= 4 is 44.7 Å². The third kappa shape index (κ3) is 8.04. The van der Waals surface area contributed by atoms with Crippen LogP contribution in [0.1, 0.15) is 49.5 Å². The van der Waals surface area contributed by atoms with E-state index >= 15 is 0 Å². The molecule has 1 saturated heterocycles. The van der Waals surface area contributed by atoms with E-state index in [-0.39, 0.29) is 34.9 Å². The lowest BCUT2D eigenvalue weighted by Crippen LogP contribution is -2.40. The Labute approximate surface area is 227 Å². The Morgan fingerprint density at radius 2 is 1.72 bits per heavy atom. The van der Waals surface area contributed by atoms with Crippen LogP contribution in [0.25, 0.3) is 0 Å². The van der Waals surface area contributed by atoms with E-state index in [0.29, 0.717) is 6.07 Å². The summed E-state index contributed by atoms with van der Waals surface area (Å²) in [4.78, 5) is 26.7. The molecule has 14 heteroatoms. The second-order valence-corrected chi connectivity index (χ2v) is 12.7. The number of carbonyl (C=O) groups is 2. The van der Waals surface area contributed by atoms with Crippen LogP contribution in [0.15, 0.2) is 45.7 Å². The van der Waals surface area contributed by atoms with Gasteiger partial charge >= 0.3 is 12.3 Å². The summed E-state index contributed by atoms with van der Waals surface area (Å²) in [5, 5.41) is 1.77. The van der Waals surface area contributed by atoms with Crippen molar-refractivity contribution in [2.75, 3.05) is 29.6 Å². The number of hydrogen-bond acceptors (Lipinski definition) is 5. The topological polar surface area (TPSA) is 88.1 Å². The van der Waals surface area contributed by atoms with Crippen LogP contribution in [0, 0.1) is 0 Å². The highest BCUT2D eigenvalue weighted by atomic mass is 35.5. The molecule has 2 aromatic rings. The van der Waals surface area contributed by atoms with Gasteiger partial charge < -0.3 is 15.0 Å². The van der Waals surface area contributed by atoms with Gasteiger partial charge in [-0.2, -0.15) is 13.2 Å². The minimum atomic E-state index is -4.84. The summed E-state index contributed by atoms with van der Waals surface area (Å²) in [5.41, 5.74) is -2.44. The van der Waals surface area contributed by atoms with Gasteiger partial charge in [0.05, 0.1) is 31.6 Å². The lowest BCUT2D eigenvalue weighted by atomic mass is 10.0. The maximum atomic E-state index is 13.7. The lowest BCUT2D eigenvalue weighted by molar-refractivity contribution is -0.137. The molecule has 0 spiro atoms. The monoisotopic (exact) mass is 595 g/mol. The van der Waals surface area contributed by atoms with Gasteiger partial charge in [0.1, 0.15) is 5.60 Å². The van der Waals surface area contributed by atoms with Crippen LogP contribution in [-0.2, 0) is 20.6 Å². The summed E-state index contributed by atoms with van der Waals surface area (Å²) in [6, 6.07) is 7.09. The molecule has 1 aliphatic rings. The van der Waals surface area contributed by atoms with Gasteiger partial charge in [0.15, 0.2) is 0 Å². The fourth-order valence-electron chi connectivity index (χ4n) is 3.78. The molecule has 7 nitrogen and oxygen atoms in total. The van der Waals surface area contributed by atoms with Gasteiger partial charge in [0.2, 0.25) is 0 Å². The number of ether oxygens (including phenoxy) is 1. The van der Waals surface area contributed by atoms with Crippen LogP contribution in [0.5, 0.6) is 0 Å². The average Bonchev–Trinajstić information content (AvgIpc) is 2.77. The largest absolute Gasteiger partial charge is 0.442 e. The molecule has 0 radical (unpaired) electrons. The van der Waals surface area contributed by atoms with Crippen molar-refractivity contribution in [3.8, 4) is 0 Å². The normalized spacial score (nSPS) is 17.2. The Bertz CT molecular complexity index is 1390. The molecule has 1 heterocycles. The Kier molecular flexibility index (Phi) is 8.57. The molecule has 2 amide bonds. The van der Waals surface area contributed by atoms with Gasteiger partial charge in [-0.25, -0.2) is 17.8 Å². The first-order valence-corrected chi connectivity index (χ1v) is 14.0. The third-order valence-electron chi connectivity index (χ3n) is 5.64. The molecule has 0 unspecified atom stereocenters. The first-order valence-electron chi connectivity index (χ1n) is 11.7. The first-order chi connectivity index (χ1) is 17.8. The number of benzene rings is 2. The zero-order chi connectivity index (χ0) is 29.4. The summed E-state index contributed by atoms with van der Waals surface area (Å²) in [6.07, 6.45) is -5.86.